The highest BCUT2D eigenvalue weighted by Crippen LogP contribution is 2.23. The summed E-state index contributed by atoms with van der Waals surface area (Å²) in [5.74, 6) is 0.478. The van der Waals surface area contributed by atoms with Crippen LogP contribution in [0.25, 0.3) is 0 Å². The van der Waals surface area contributed by atoms with Crippen molar-refractivity contribution in [1.82, 2.24) is 20.1 Å². The maximum Gasteiger partial charge on any atom is 0.251 e. The molecular weight excluding hydrogens is 446 g/mol. The second kappa shape index (κ2) is 10.7. The number of thioether (sulfide) groups is 1. The number of aryl methyl sites for hydroxylation is 2. The maximum absolute atomic E-state index is 12.5. The van der Waals surface area contributed by atoms with E-state index in [9.17, 15) is 9.59 Å². The molecule has 32 heavy (non-hydrogen) atoms. The van der Waals surface area contributed by atoms with Crippen molar-refractivity contribution in [2.45, 2.75) is 45.4 Å². The number of hydrogen-bond acceptors (Lipinski definition) is 5. The lowest BCUT2D eigenvalue weighted by molar-refractivity contribution is -0.113. The van der Waals surface area contributed by atoms with E-state index >= 15 is 0 Å². The highest BCUT2D eigenvalue weighted by Gasteiger charge is 2.20. The van der Waals surface area contributed by atoms with Crippen molar-refractivity contribution >= 4 is 40.9 Å². The van der Waals surface area contributed by atoms with Crippen molar-refractivity contribution < 1.29 is 9.59 Å². The number of nitrogens with zero attached hydrogens (tertiary/aromatic N) is 3. The highest BCUT2D eigenvalue weighted by atomic mass is 35.5. The maximum atomic E-state index is 12.5. The van der Waals surface area contributed by atoms with Gasteiger partial charge in [-0.15, -0.1) is 10.2 Å². The van der Waals surface area contributed by atoms with E-state index in [0.29, 0.717) is 33.8 Å². The van der Waals surface area contributed by atoms with Crippen LogP contribution in [-0.4, -0.2) is 32.3 Å². The molecule has 0 aliphatic heterocycles. The van der Waals surface area contributed by atoms with Crippen LogP contribution in [0.15, 0.2) is 47.6 Å². The van der Waals surface area contributed by atoms with Crippen LogP contribution in [0.2, 0.25) is 5.02 Å². The summed E-state index contributed by atoms with van der Waals surface area (Å²) in [6, 6.07) is 12.5. The summed E-state index contributed by atoms with van der Waals surface area (Å²) in [5, 5.41) is 15.5. The van der Waals surface area contributed by atoms with Crippen molar-refractivity contribution in [2.24, 2.45) is 0 Å². The summed E-state index contributed by atoms with van der Waals surface area (Å²) < 4.78 is 1.90. The van der Waals surface area contributed by atoms with Gasteiger partial charge >= 0.3 is 0 Å². The molecule has 0 saturated heterocycles. The van der Waals surface area contributed by atoms with E-state index in [1.54, 1.807) is 18.2 Å². The number of benzene rings is 2. The molecule has 2 N–H and O–H groups in total. The third-order valence-electron chi connectivity index (χ3n) is 4.90. The number of rotatable bonds is 8. The SMILES string of the molecule is CCn1c(SCC(=O)Nc2ccc(C)c(Cl)c2)nnc1[C@H](C)NC(=O)c1ccc(C)cc1. The molecule has 1 aromatic heterocycles. The fraction of sp³-hybridized carbons (Fsp3) is 0.304. The second-order valence-electron chi connectivity index (χ2n) is 7.45. The van der Waals surface area contributed by atoms with Gasteiger partial charge in [0.05, 0.1) is 11.8 Å². The van der Waals surface area contributed by atoms with Gasteiger partial charge in [0.1, 0.15) is 0 Å². The fourth-order valence-corrected chi connectivity index (χ4v) is 4.06. The molecule has 0 fully saturated rings. The minimum Gasteiger partial charge on any atom is -0.342 e. The molecule has 9 heteroatoms. The first-order chi connectivity index (χ1) is 15.3. The van der Waals surface area contributed by atoms with E-state index in [1.165, 1.54) is 11.8 Å². The molecule has 2 aromatic carbocycles. The average Bonchev–Trinajstić information content (AvgIpc) is 3.18. The third-order valence-corrected chi connectivity index (χ3v) is 6.27. The van der Waals surface area contributed by atoms with Crippen LogP contribution in [0.1, 0.15) is 47.2 Å². The lowest BCUT2D eigenvalue weighted by Crippen LogP contribution is -2.28. The summed E-state index contributed by atoms with van der Waals surface area (Å²) in [5.41, 5.74) is 3.28. The first kappa shape index (κ1) is 23.8. The molecule has 0 aliphatic rings. The molecule has 0 radical (unpaired) electrons. The van der Waals surface area contributed by atoms with Gasteiger partial charge in [-0.25, -0.2) is 0 Å². The minimum atomic E-state index is -0.339. The summed E-state index contributed by atoms with van der Waals surface area (Å²) >= 11 is 7.41. The van der Waals surface area contributed by atoms with E-state index in [1.807, 2.05) is 56.5 Å². The number of halogens is 1. The molecule has 1 atom stereocenters. The minimum absolute atomic E-state index is 0.164. The molecule has 3 rings (SSSR count). The Kier molecular flexibility index (Phi) is 7.93. The van der Waals surface area contributed by atoms with Gasteiger partial charge in [-0.3, -0.25) is 9.59 Å². The summed E-state index contributed by atoms with van der Waals surface area (Å²) in [4.78, 5) is 24.9. The molecular formula is C23H26ClN5O2S. The number of aromatic nitrogens is 3. The number of carbonyl (C=O) groups excluding carboxylic acids is 2. The van der Waals surface area contributed by atoms with Crippen LogP contribution in [0.4, 0.5) is 5.69 Å². The number of carbonyl (C=O) groups is 2. The summed E-state index contributed by atoms with van der Waals surface area (Å²) in [7, 11) is 0. The van der Waals surface area contributed by atoms with Gasteiger partial charge in [0, 0.05) is 22.8 Å². The molecule has 2 amide bonds. The fourth-order valence-electron chi connectivity index (χ4n) is 3.07. The Labute approximate surface area is 197 Å². The van der Waals surface area contributed by atoms with Crippen molar-refractivity contribution in [1.29, 1.82) is 0 Å². The molecule has 0 unspecified atom stereocenters. The monoisotopic (exact) mass is 471 g/mol. The number of nitrogens with one attached hydrogen (secondary N) is 2. The molecule has 1 heterocycles. The average molecular weight is 472 g/mol. The van der Waals surface area contributed by atoms with Gasteiger partial charge in [-0.05, 0) is 57.5 Å². The van der Waals surface area contributed by atoms with Crippen molar-refractivity contribution in [3.05, 3.63) is 70.0 Å². The normalized spacial score (nSPS) is 11.8. The van der Waals surface area contributed by atoms with Crippen LogP contribution >= 0.6 is 23.4 Å². The standard InChI is InChI=1S/C23H26ClN5O2S/c1-5-29-21(16(4)25-22(31)17-9-6-14(2)7-10-17)27-28-23(29)32-13-20(30)26-18-11-8-15(3)19(24)12-18/h6-12,16H,5,13H2,1-4H3,(H,25,31)(H,26,30)/t16-/m0/s1. The smallest absolute Gasteiger partial charge is 0.251 e. The van der Waals surface area contributed by atoms with Crippen LogP contribution in [-0.2, 0) is 11.3 Å². The predicted molar refractivity (Wildman–Crippen MR) is 128 cm³/mol. The van der Waals surface area contributed by atoms with Crippen LogP contribution in [0.3, 0.4) is 0 Å². The van der Waals surface area contributed by atoms with Gasteiger partial charge in [-0.1, -0.05) is 47.1 Å². The Morgan fingerprint density at radius 1 is 1.12 bits per heavy atom. The second-order valence-corrected chi connectivity index (χ2v) is 8.80. The van der Waals surface area contributed by atoms with Crippen molar-refractivity contribution in [2.75, 3.05) is 11.1 Å². The highest BCUT2D eigenvalue weighted by molar-refractivity contribution is 7.99. The van der Waals surface area contributed by atoms with Crippen LogP contribution < -0.4 is 10.6 Å². The zero-order valence-electron chi connectivity index (χ0n) is 18.5. The Morgan fingerprint density at radius 2 is 1.84 bits per heavy atom. The van der Waals surface area contributed by atoms with Crippen LogP contribution in [0, 0.1) is 13.8 Å². The van der Waals surface area contributed by atoms with Gasteiger partial charge in [0.15, 0.2) is 11.0 Å². The first-order valence-electron chi connectivity index (χ1n) is 10.3. The largest absolute Gasteiger partial charge is 0.342 e. The van der Waals surface area contributed by atoms with E-state index in [2.05, 4.69) is 20.8 Å². The third kappa shape index (κ3) is 5.89. The quantitative estimate of drug-likeness (QED) is 0.461. The molecule has 7 nitrogen and oxygen atoms in total. The Balaban J connectivity index is 1.62. The predicted octanol–water partition coefficient (Wildman–Crippen LogP) is 4.79. The summed E-state index contributed by atoms with van der Waals surface area (Å²) in [6.45, 7) is 8.33. The molecule has 168 valence electrons. The summed E-state index contributed by atoms with van der Waals surface area (Å²) in [6.07, 6.45) is 0. The lowest BCUT2D eigenvalue weighted by atomic mass is 10.1. The molecule has 3 aromatic rings. The zero-order valence-corrected chi connectivity index (χ0v) is 20.0. The van der Waals surface area contributed by atoms with E-state index in [-0.39, 0.29) is 23.6 Å². The lowest BCUT2D eigenvalue weighted by Gasteiger charge is -2.15. The molecule has 0 aliphatic carbocycles. The van der Waals surface area contributed by atoms with E-state index in [4.69, 9.17) is 11.6 Å². The van der Waals surface area contributed by atoms with Gasteiger partial charge in [0.2, 0.25) is 5.91 Å². The van der Waals surface area contributed by atoms with Crippen LogP contribution in [0.5, 0.6) is 0 Å². The zero-order chi connectivity index (χ0) is 23.3. The number of anilines is 1. The topological polar surface area (TPSA) is 88.9 Å². The molecule has 0 bridgehead atoms. The Bertz CT molecular complexity index is 1110. The first-order valence-corrected chi connectivity index (χ1v) is 11.6. The Morgan fingerprint density at radius 3 is 2.50 bits per heavy atom. The Hall–Kier alpha value is -2.84. The van der Waals surface area contributed by atoms with Gasteiger partial charge < -0.3 is 15.2 Å². The van der Waals surface area contributed by atoms with Crippen molar-refractivity contribution in [3.63, 3.8) is 0 Å². The van der Waals surface area contributed by atoms with E-state index < -0.39 is 0 Å². The molecule has 0 saturated carbocycles. The number of amides is 2. The van der Waals surface area contributed by atoms with E-state index in [0.717, 1.165) is 11.1 Å². The van der Waals surface area contributed by atoms with Gasteiger partial charge in [0.25, 0.3) is 5.91 Å². The number of hydrogen-bond donors (Lipinski definition) is 2. The molecule has 0 spiro atoms. The van der Waals surface area contributed by atoms with Crippen molar-refractivity contribution in [3.8, 4) is 0 Å². The van der Waals surface area contributed by atoms with Gasteiger partial charge in [-0.2, -0.15) is 0 Å².